The number of hydrogen-bond donors (Lipinski definition) is 1. The monoisotopic (exact) mass is 329 g/mol. The largest absolute Gasteiger partial charge is 0.356 e. The predicted molar refractivity (Wildman–Crippen MR) is 100 cm³/mol. The zero-order valence-electron chi connectivity index (χ0n) is 15.2. The Bertz CT molecular complexity index is 633. The number of carbonyl (C=O) groups excluding carboxylic acids is 1. The number of fused-ring (bicyclic) bond motifs is 1. The van der Waals surface area contributed by atoms with Crippen molar-refractivity contribution in [3.63, 3.8) is 0 Å². The molecule has 2 aromatic rings. The van der Waals surface area contributed by atoms with Gasteiger partial charge in [0.2, 0.25) is 5.91 Å². The van der Waals surface area contributed by atoms with Gasteiger partial charge in [-0.3, -0.25) is 4.79 Å². The molecule has 0 aliphatic rings. The fourth-order valence-electron chi connectivity index (χ4n) is 3.07. The average Bonchev–Trinajstić information content (AvgIpc) is 2.93. The summed E-state index contributed by atoms with van der Waals surface area (Å²) in [6, 6.07) is 8.33. The van der Waals surface area contributed by atoms with E-state index in [9.17, 15) is 4.79 Å². The van der Waals surface area contributed by atoms with Gasteiger partial charge in [-0.1, -0.05) is 51.7 Å². The molecule has 132 valence electrons. The van der Waals surface area contributed by atoms with Crippen LogP contribution in [0.25, 0.3) is 11.0 Å². The van der Waals surface area contributed by atoms with Crippen molar-refractivity contribution in [2.45, 2.75) is 71.8 Å². The van der Waals surface area contributed by atoms with Gasteiger partial charge in [-0.05, 0) is 25.0 Å². The van der Waals surface area contributed by atoms with Gasteiger partial charge in [0.05, 0.1) is 11.0 Å². The summed E-state index contributed by atoms with van der Waals surface area (Å²) in [7, 11) is 0. The van der Waals surface area contributed by atoms with Crippen molar-refractivity contribution >= 4 is 16.9 Å². The van der Waals surface area contributed by atoms with Crippen LogP contribution in [0.5, 0.6) is 0 Å². The summed E-state index contributed by atoms with van der Waals surface area (Å²) in [4.78, 5) is 16.4. The van der Waals surface area contributed by atoms with Gasteiger partial charge >= 0.3 is 0 Å². The number of benzene rings is 1. The molecule has 0 saturated heterocycles. The molecule has 0 atom stereocenters. The molecular formula is C20H31N3O. The minimum atomic E-state index is 0.139. The van der Waals surface area contributed by atoms with E-state index in [1.807, 2.05) is 13.0 Å². The third-order valence-electron chi connectivity index (χ3n) is 4.37. The minimum absolute atomic E-state index is 0.139. The van der Waals surface area contributed by atoms with Crippen LogP contribution in [0.15, 0.2) is 24.3 Å². The number of hydrogen-bond acceptors (Lipinski definition) is 2. The van der Waals surface area contributed by atoms with Crippen LogP contribution in [0.1, 0.15) is 64.6 Å². The van der Waals surface area contributed by atoms with Gasteiger partial charge in [-0.25, -0.2) is 4.98 Å². The lowest BCUT2D eigenvalue weighted by molar-refractivity contribution is -0.121. The summed E-state index contributed by atoms with van der Waals surface area (Å²) < 4.78 is 2.34. The minimum Gasteiger partial charge on any atom is -0.356 e. The van der Waals surface area contributed by atoms with Gasteiger partial charge in [0.1, 0.15) is 5.82 Å². The first-order chi connectivity index (χ1) is 11.8. The Morgan fingerprint density at radius 3 is 2.67 bits per heavy atom. The molecule has 4 heteroatoms. The first kappa shape index (κ1) is 18.5. The second-order valence-electron chi connectivity index (χ2n) is 6.43. The van der Waals surface area contributed by atoms with E-state index in [-0.39, 0.29) is 5.91 Å². The highest BCUT2D eigenvalue weighted by atomic mass is 16.1. The summed E-state index contributed by atoms with van der Waals surface area (Å²) in [6.07, 6.45) is 8.65. The fraction of sp³-hybridized carbons (Fsp3) is 0.600. The molecule has 0 spiro atoms. The van der Waals surface area contributed by atoms with E-state index in [4.69, 9.17) is 4.98 Å². The number of nitrogens with zero attached hydrogens (tertiary/aromatic N) is 2. The molecule has 0 aliphatic carbocycles. The van der Waals surface area contributed by atoms with Gasteiger partial charge in [0, 0.05) is 25.9 Å². The molecule has 0 radical (unpaired) electrons. The third-order valence-corrected chi connectivity index (χ3v) is 4.37. The second kappa shape index (κ2) is 10.1. The molecule has 1 aromatic heterocycles. The van der Waals surface area contributed by atoms with Gasteiger partial charge in [-0.2, -0.15) is 0 Å². The number of aromatic nitrogens is 2. The van der Waals surface area contributed by atoms with Crippen LogP contribution in [-0.4, -0.2) is 22.0 Å². The Kier molecular flexibility index (Phi) is 7.80. The predicted octanol–water partition coefficient (Wildman–Crippen LogP) is 4.47. The van der Waals surface area contributed by atoms with Crippen LogP contribution < -0.4 is 5.32 Å². The molecule has 1 amide bonds. The van der Waals surface area contributed by atoms with Crippen molar-refractivity contribution < 1.29 is 4.79 Å². The molecule has 1 N–H and O–H groups in total. The molecule has 1 aromatic carbocycles. The number of rotatable bonds is 11. The second-order valence-corrected chi connectivity index (χ2v) is 6.43. The zero-order chi connectivity index (χ0) is 17.2. The van der Waals surface area contributed by atoms with Gasteiger partial charge in [0.15, 0.2) is 0 Å². The molecule has 0 bridgehead atoms. The van der Waals surface area contributed by atoms with Crippen molar-refractivity contribution in [1.82, 2.24) is 14.9 Å². The first-order valence-corrected chi connectivity index (χ1v) is 9.47. The molecule has 0 fully saturated rings. The Labute approximate surface area is 145 Å². The Morgan fingerprint density at radius 1 is 1.08 bits per heavy atom. The average molecular weight is 329 g/mol. The topological polar surface area (TPSA) is 46.9 Å². The van der Waals surface area contributed by atoms with Crippen molar-refractivity contribution in [1.29, 1.82) is 0 Å². The van der Waals surface area contributed by atoms with E-state index in [0.717, 1.165) is 30.7 Å². The highest BCUT2D eigenvalue weighted by molar-refractivity contribution is 5.76. The number of nitrogens with one attached hydrogen (secondary N) is 1. The van der Waals surface area contributed by atoms with Crippen LogP contribution in [0.4, 0.5) is 0 Å². The quantitative estimate of drug-likeness (QED) is 0.618. The van der Waals surface area contributed by atoms with Crippen LogP contribution in [0, 0.1) is 0 Å². The number of imidazole rings is 1. The van der Waals surface area contributed by atoms with Crippen molar-refractivity contribution in [3.8, 4) is 0 Å². The smallest absolute Gasteiger partial charge is 0.219 e. The molecule has 0 saturated carbocycles. The summed E-state index contributed by atoms with van der Waals surface area (Å²) in [5.74, 6) is 1.23. The van der Waals surface area contributed by atoms with E-state index in [0.29, 0.717) is 13.0 Å². The molecule has 0 aliphatic heterocycles. The van der Waals surface area contributed by atoms with E-state index in [2.05, 4.69) is 35.0 Å². The number of para-hydroxylation sites is 2. The lowest BCUT2D eigenvalue weighted by atomic mass is 10.1. The lowest BCUT2D eigenvalue weighted by Crippen LogP contribution is -2.26. The van der Waals surface area contributed by atoms with E-state index in [1.54, 1.807) is 0 Å². The number of unbranched alkanes of at least 4 members (excludes halogenated alkanes) is 4. The molecular weight excluding hydrogens is 298 g/mol. The van der Waals surface area contributed by atoms with Crippen LogP contribution >= 0.6 is 0 Å². The van der Waals surface area contributed by atoms with Crippen LogP contribution in [0.3, 0.4) is 0 Å². The number of carbonyl (C=O) groups is 1. The fourth-order valence-corrected chi connectivity index (χ4v) is 3.07. The SMILES string of the molecule is CCCCCCCn1c(CCNC(=O)CCC)nc2ccccc21. The molecule has 2 rings (SSSR count). The molecule has 24 heavy (non-hydrogen) atoms. The van der Waals surface area contributed by atoms with Gasteiger partial charge in [-0.15, -0.1) is 0 Å². The molecule has 4 nitrogen and oxygen atoms in total. The third kappa shape index (κ3) is 5.36. The van der Waals surface area contributed by atoms with E-state index in [1.165, 1.54) is 37.6 Å². The van der Waals surface area contributed by atoms with Crippen LogP contribution in [-0.2, 0) is 17.8 Å². The highest BCUT2D eigenvalue weighted by Crippen LogP contribution is 2.18. The van der Waals surface area contributed by atoms with E-state index < -0.39 is 0 Å². The number of amides is 1. The molecule has 1 heterocycles. The van der Waals surface area contributed by atoms with Crippen molar-refractivity contribution in [2.24, 2.45) is 0 Å². The summed E-state index contributed by atoms with van der Waals surface area (Å²) in [6.45, 7) is 5.95. The van der Waals surface area contributed by atoms with Gasteiger partial charge in [0.25, 0.3) is 0 Å². The Hall–Kier alpha value is -1.84. The highest BCUT2D eigenvalue weighted by Gasteiger charge is 2.10. The maximum Gasteiger partial charge on any atom is 0.219 e. The van der Waals surface area contributed by atoms with Gasteiger partial charge < -0.3 is 9.88 Å². The number of aryl methyl sites for hydroxylation is 1. The first-order valence-electron chi connectivity index (χ1n) is 9.47. The van der Waals surface area contributed by atoms with E-state index >= 15 is 0 Å². The Morgan fingerprint density at radius 2 is 1.88 bits per heavy atom. The summed E-state index contributed by atoms with van der Waals surface area (Å²) in [5.41, 5.74) is 2.27. The summed E-state index contributed by atoms with van der Waals surface area (Å²) in [5, 5.41) is 3.00. The van der Waals surface area contributed by atoms with Crippen molar-refractivity contribution in [3.05, 3.63) is 30.1 Å². The Balaban J connectivity index is 1.99. The normalized spacial score (nSPS) is 11.1. The molecule has 0 unspecified atom stereocenters. The van der Waals surface area contributed by atoms with Crippen LogP contribution in [0.2, 0.25) is 0 Å². The maximum atomic E-state index is 11.6. The standard InChI is InChI=1S/C20H31N3O/c1-3-5-6-7-10-16-23-18-13-9-8-12-17(18)22-19(23)14-15-21-20(24)11-4-2/h8-9,12-13H,3-7,10-11,14-16H2,1-2H3,(H,21,24). The van der Waals surface area contributed by atoms with Crippen molar-refractivity contribution in [2.75, 3.05) is 6.54 Å². The zero-order valence-corrected chi connectivity index (χ0v) is 15.2. The lowest BCUT2D eigenvalue weighted by Gasteiger charge is -2.10. The maximum absolute atomic E-state index is 11.6. The summed E-state index contributed by atoms with van der Waals surface area (Å²) >= 11 is 0.